The maximum absolute atomic E-state index is 3.28. The van der Waals surface area contributed by atoms with E-state index in [0.717, 1.165) is 13.1 Å². The number of hydrogen-bond donors (Lipinski definition) is 2. The third kappa shape index (κ3) is 7.30. The average Bonchev–Trinajstić information content (AvgIpc) is 2.22. The zero-order chi connectivity index (χ0) is 9.36. The maximum atomic E-state index is 3.28. The number of piperazine rings is 1. The Hall–Kier alpha value is -0.120. The molecular weight excluding hydrogens is 174 g/mol. The zero-order valence-corrected chi connectivity index (χ0v) is 8.81. The fourth-order valence-electron chi connectivity index (χ4n) is 1.58. The molecule has 0 bridgehead atoms. The molecule has 2 saturated heterocycles. The highest BCUT2D eigenvalue weighted by atomic mass is 15.2. The molecule has 2 heterocycles. The predicted molar refractivity (Wildman–Crippen MR) is 63.8 cm³/mol. The van der Waals surface area contributed by atoms with Crippen LogP contribution in [-0.2, 0) is 0 Å². The summed E-state index contributed by atoms with van der Waals surface area (Å²) in [5.74, 6) is 0. The van der Waals surface area contributed by atoms with E-state index in [0.29, 0.717) is 0 Å². The minimum absolute atomic E-state index is 0. The van der Waals surface area contributed by atoms with E-state index < -0.39 is 0 Å². The van der Waals surface area contributed by atoms with Crippen molar-refractivity contribution in [1.82, 2.24) is 15.5 Å². The zero-order valence-electron chi connectivity index (χ0n) is 8.81. The lowest BCUT2D eigenvalue weighted by molar-refractivity contribution is 0.291. The minimum atomic E-state index is 0. The van der Waals surface area contributed by atoms with Crippen molar-refractivity contribution in [1.29, 1.82) is 0 Å². The summed E-state index contributed by atoms with van der Waals surface area (Å²) in [5, 5.41) is 6.56. The first kappa shape index (κ1) is 13.9. The van der Waals surface area contributed by atoms with Crippen LogP contribution in [0.15, 0.2) is 0 Å². The van der Waals surface area contributed by atoms with Crippen molar-refractivity contribution >= 4 is 0 Å². The van der Waals surface area contributed by atoms with Gasteiger partial charge < -0.3 is 15.5 Å². The molecule has 0 aromatic heterocycles. The average molecular weight is 201 g/mol. The van der Waals surface area contributed by atoms with Gasteiger partial charge in [0.05, 0.1) is 0 Å². The Kier molecular flexibility index (Phi) is 9.35. The van der Waals surface area contributed by atoms with Crippen molar-refractivity contribution in [3.05, 3.63) is 0 Å². The molecule has 3 heteroatoms. The Balaban J connectivity index is 0.000000227. The Morgan fingerprint density at radius 1 is 0.786 bits per heavy atom. The summed E-state index contributed by atoms with van der Waals surface area (Å²) in [7, 11) is 2.15. The summed E-state index contributed by atoms with van der Waals surface area (Å²) in [6.07, 6.45) is 4.22. The van der Waals surface area contributed by atoms with Gasteiger partial charge in [-0.25, -0.2) is 0 Å². The first-order chi connectivity index (χ1) is 6.39. The summed E-state index contributed by atoms with van der Waals surface area (Å²) >= 11 is 0. The van der Waals surface area contributed by atoms with E-state index in [1.54, 1.807) is 0 Å². The topological polar surface area (TPSA) is 27.3 Å². The van der Waals surface area contributed by atoms with E-state index in [1.165, 1.54) is 45.4 Å². The van der Waals surface area contributed by atoms with Crippen LogP contribution in [-0.4, -0.2) is 51.2 Å². The van der Waals surface area contributed by atoms with E-state index in [4.69, 9.17) is 0 Å². The molecule has 0 radical (unpaired) electrons. The molecular formula is C11H27N3. The van der Waals surface area contributed by atoms with Gasteiger partial charge in [0, 0.05) is 26.2 Å². The smallest absolute Gasteiger partial charge is 0.0104 e. The van der Waals surface area contributed by atoms with Gasteiger partial charge in [0.15, 0.2) is 0 Å². The predicted octanol–water partition coefficient (Wildman–Crippen LogP) is 0.917. The van der Waals surface area contributed by atoms with E-state index >= 15 is 0 Å². The van der Waals surface area contributed by atoms with Crippen molar-refractivity contribution < 1.29 is 0 Å². The number of nitrogens with one attached hydrogen (secondary N) is 2. The first-order valence-electron chi connectivity index (χ1n) is 5.49. The standard InChI is InChI=1S/C5H12N2.C5H11N.CH4/c1-7-4-2-6-3-5-7;1-2-4-6-5-3-1;/h6H,2-5H2,1H3;6H,1-5H2;1H4. The lowest BCUT2D eigenvalue weighted by atomic mass is 10.2. The van der Waals surface area contributed by atoms with Crippen LogP contribution in [0.5, 0.6) is 0 Å². The molecule has 0 spiro atoms. The molecule has 2 aliphatic rings. The highest BCUT2D eigenvalue weighted by molar-refractivity contribution is 4.62. The maximum Gasteiger partial charge on any atom is 0.0104 e. The van der Waals surface area contributed by atoms with Crippen molar-refractivity contribution in [3.8, 4) is 0 Å². The number of piperidine rings is 1. The Morgan fingerprint density at radius 2 is 1.29 bits per heavy atom. The number of hydrogen-bond acceptors (Lipinski definition) is 3. The Morgan fingerprint density at radius 3 is 1.50 bits per heavy atom. The highest BCUT2D eigenvalue weighted by Crippen LogP contribution is 1.96. The van der Waals surface area contributed by atoms with Crippen molar-refractivity contribution in [3.63, 3.8) is 0 Å². The quantitative estimate of drug-likeness (QED) is 0.610. The van der Waals surface area contributed by atoms with Gasteiger partial charge in [-0.15, -0.1) is 0 Å². The number of likely N-dealkylation sites (N-methyl/N-ethyl adjacent to an activating group) is 1. The summed E-state index contributed by atoms with van der Waals surface area (Å²) < 4.78 is 0. The van der Waals surface area contributed by atoms with Crippen LogP contribution >= 0.6 is 0 Å². The van der Waals surface area contributed by atoms with Crippen LogP contribution in [0.1, 0.15) is 26.7 Å². The van der Waals surface area contributed by atoms with Gasteiger partial charge in [-0.1, -0.05) is 13.8 Å². The second kappa shape index (κ2) is 9.44. The second-order valence-electron chi connectivity index (χ2n) is 3.86. The normalized spacial score (nSPS) is 22.9. The van der Waals surface area contributed by atoms with E-state index in [9.17, 15) is 0 Å². The van der Waals surface area contributed by atoms with E-state index in [-0.39, 0.29) is 7.43 Å². The molecule has 86 valence electrons. The van der Waals surface area contributed by atoms with Crippen LogP contribution in [0.25, 0.3) is 0 Å². The van der Waals surface area contributed by atoms with Gasteiger partial charge in [0.1, 0.15) is 0 Å². The summed E-state index contributed by atoms with van der Waals surface area (Å²) in [5.41, 5.74) is 0. The van der Waals surface area contributed by atoms with Crippen LogP contribution in [0.3, 0.4) is 0 Å². The molecule has 2 fully saturated rings. The third-order valence-corrected chi connectivity index (χ3v) is 2.55. The fourth-order valence-corrected chi connectivity index (χ4v) is 1.58. The molecule has 14 heavy (non-hydrogen) atoms. The minimum Gasteiger partial charge on any atom is -0.317 e. The molecule has 0 aromatic carbocycles. The van der Waals surface area contributed by atoms with Crippen LogP contribution in [0.4, 0.5) is 0 Å². The first-order valence-corrected chi connectivity index (χ1v) is 5.49. The van der Waals surface area contributed by atoms with Gasteiger partial charge in [-0.3, -0.25) is 0 Å². The van der Waals surface area contributed by atoms with Gasteiger partial charge >= 0.3 is 0 Å². The van der Waals surface area contributed by atoms with Gasteiger partial charge in [-0.05, 0) is 33.0 Å². The molecule has 0 amide bonds. The molecule has 0 atom stereocenters. The third-order valence-electron chi connectivity index (χ3n) is 2.55. The van der Waals surface area contributed by atoms with Gasteiger partial charge in [0.25, 0.3) is 0 Å². The number of nitrogens with zero attached hydrogens (tertiary/aromatic N) is 1. The summed E-state index contributed by atoms with van der Waals surface area (Å²) in [6.45, 7) is 7.24. The van der Waals surface area contributed by atoms with Crippen molar-refractivity contribution in [2.24, 2.45) is 0 Å². The van der Waals surface area contributed by atoms with E-state index in [1.807, 2.05) is 0 Å². The van der Waals surface area contributed by atoms with Crippen molar-refractivity contribution in [2.75, 3.05) is 46.3 Å². The Labute approximate surface area is 89.2 Å². The lowest BCUT2D eigenvalue weighted by Gasteiger charge is -2.21. The van der Waals surface area contributed by atoms with Crippen LogP contribution in [0, 0.1) is 0 Å². The molecule has 0 unspecified atom stereocenters. The van der Waals surface area contributed by atoms with E-state index in [2.05, 4.69) is 22.6 Å². The summed E-state index contributed by atoms with van der Waals surface area (Å²) in [4.78, 5) is 2.33. The molecule has 0 aliphatic carbocycles. The fraction of sp³-hybridized carbons (Fsp3) is 1.00. The molecule has 0 saturated carbocycles. The molecule has 0 aromatic rings. The van der Waals surface area contributed by atoms with Gasteiger partial charge in [-0.2, -0.15) is 0 Å². The molecule has 2 N–H and O–H groups in total. The van der Waals surface area contributed by atoms with Crippen LogP contribution < -0.4 is 10.6 Å². The summed E-state index contributed by atoms with van der Waals surface area (Å²) in [6, 6.07) is 0. The second-order valence-corrected chi connectivity index (χ2v) is 3.86. The largest absolute Gasteiger partial charge is 0.317 e. The monoisotopic (exact) mass is 201 g/mol. The number of rotatable bonds is 0. The molecule has 2 aliphatic heterocycles. The van der Waals surface area contributed by atoms with Crippen molar-refractivity contribution in [2.45, 2.75) is 26.7 Å². The molecule has 2 rings (SSSR count). The highest BCUT2D eigenvalue weighted by Gasteiger charge is 2.01. The van der Waals surface area contributed by atoms with Gasteiger partial charge in [0.2, 0.25) is 0 Å². The Bertz CT molecular complexity index is 95.6. The lowest BCUT2D eigenvalue weighted by Crippen LogP contribution is -2.40. The molecule has 3 nitrogen and oxygen atoms in total. The van der Waals surface area contributed by atoms with Crippen LogP contribution in [0.2, 0.25) is 0 Å². The SMILES string of the molecule is C.C1CCNCC1.CN1CCNCC1.